The average Bonchev–Trinajstić information content (AvgIpc) is 3.01. The van der Waals surface area contributed by atoms with E-state index in [2.05, 4.69) is 5.10 Å². The fourth-order valence-electron chi connectivity index (χ4n) is 3.89. The minimum absolute atomic E-state index is 0.0921. The van der Waals surface area contributed by atoms with E-state index in [0.717, 1.165) is 24.7 Å². The highest BCUT2D eigenvalue weighted by Crippen LogP contribution is 2.50. The molecule has 2 fully saturated rings. The van der Waals surface area contributed by atoms with Gasteiger partial charge in [0.15, 0.2) is 0 Å². The van der Waals surface area contributed by atoms with Crippen molar-refractivity contribution >= 4 is 0 Å². The fourth-order valence-corrected chi connectivity index (χ4v) is 3.89. The Bertz CT molecular complexity index is 387. The Labute approximate surface area is 103 Å². The summed E-state index contributed by atoms with van der Waals surface area (Å²) in [4.78, 5) is 0. The molecular weight excluding hydrogens is 212 g/mol. The topological polar surface area (TPSA) is 38.0 Å². The van der Waals surface area contributed by atoms with Gasteiger partial charge in [0, 0.05) is 13.2 Å². The van der Waals surface area contributed by atoms with Gasteiger partial charge in [-0.2, -0.15) is 5.10 Å². The fraction of sp³-hybridized carbons (Fsp3) is 0.786. The Kier molecular flexibility index (Phi) is 2.95. The van der Waals surface area contributed by atoms with Crippen molar-refractivity contribution in [2.75, 3.05) is 0 Å². The van der Waals surface area contributed by atoms with E-state index in [9.17, 15) is 5.11 Å². The van der Waals surface area contributed by atoms with Crippen LogP contribution in [0.25, 0.3) is 0 Å². The molecule has 2 bridgehead atoms. The van der Waals surface area contributed by atoms with Crippen LogP contribution in [-0.2, 0) is 13.5 Å². The van der Waals surface area contributed by atoms with Crippen molar-refractivity contribution in [2.45, 2.75) is 44.6 Å². The second kappa shape index (κ2) is 4.45. The van der Waals surface area contributed by atoms with E-state index in [0.29, 0.717) is 5.92 Å². The summed E-state index contributed by atoms with van der Waals surface area (Å²) < 4.78 is 1.83. The molecule has 3 rings (SSSR count). The van der Waals surface area contributed by atoms with Gasteiger partial charge in [-0.05, 0) is 55.4 Å². The molecule has 17 heavy (non-hydrogen) atoms. The molecule has 1 heterocycles. The molecule has 1 N–H and O–H groups in total. The maximum atomic E-state index is 10.3. The lowest BCUT2D eigenvalue weighted by atomic mass is 9.83. The Morgan fingerprint density at radius 1 is 1.47 bits per heavy atom. The molecule has 2 aliphatic rings. The molecule has 0 saturated heterocycles. The molecule has 3 nitrogen and oxygen atoms in total. The van der Waals surface area contributed by atoms with Gasteiger partial charge in [0.05, 0.1) is 12.3 Å². The molecule has 94 valence electrons. The van der Waals surface area contributed by atoms with Crippen LogP contribution in [0.1, 0.15) is 37.7 Å². The van der Waals surface area contributed by atoms with Crippen molar-refractivity contribution < 1.29 is 5.11 Å². The van der Waals surface area contributed by atoms with Crippen molar-refractivity contribution in [2.24, 2.45) is 24.8 Å². The minimum atomic E-state index is -0.0921. The molecule has 3 heteroatoms. The number of aromatic nitrogens is 2. The monoisotopic (exact) mass is 234 g/mol. The molecule has 0 spiro atoms. The summed E-state index contributed by atoms with van der Waals surface area (Å²) in [7, 11) is 1.94. The first kappa shape index (κ1) is 11.3. The number of hydrogen-bond donors (Lipinski definition) is 1. The van der Waals surface area contributed by atoms with E-state index < -0.39 is 0 Å². The maximum absolute atomic E-state index is 10.3. The summed E-state index contributed by atoms with van der Waals surface area (Å²) in [5.41, 5.74) is 1.25. The second-order valence-corrected chi connectivity index (χ2v) is 5.97. The van der Waals surface area contributed by atoms with Gasteiger partial charge >= 0.3 is 0 Å². The molecule has 2 saturated carbocycles. The van der Waals surface area contributed by atoms with Gasteiger partial charge in [-0.25, -0.2) is 0 Å². The van der Waals surface area contributed by atoms with Crippen LogP contribution in [-0.4, -0.2) is 21.0 Å². The molecular formula is C14H22N2O. The van der Waals surface area contributed by atoms with Gasteiger partial charge in [0.25, 0.3) is 0 Å². The Balaban J connectivity index is 1.52. The lowest BCUT2D eigenvalue weighted by Crippen LogP contribution is -2.26. The summed E-state index contributed by atoms with van der Waals surface area (Å²) in [6.45, 7) is 0. The van der Waals surface area contributed by atoms with E-state index in [1.165, 1.54) is 31.2 Å². The van der Waals surface area contributed by atoms with Crippen LogP contribution in [0.2, 0.25) is 0 Å². The summed E-state index contributed by atoms with van der Waals surface area (Å²) in [5.74, 6) is 2.34. The van der Waals surface area contributed by atoms with Crippen LogP contribution in [0.3, 0.4) is 0 Å². The number of nitrogens with zero attached hydrogens (tertiary/aromatic N) is 2. The van der Waals surface area contributed by atoms with Gasteiger partial charge in [-0.15, -0.1) is 0 Å². The highest BCUT2D eigenvalue weighted by molar-refractivity contribution is 5.04. The van der Waals surface area contributed by atoms with Crippen LogP contribution < -0.4 is 0 Å². The lowest BCUT2D eigenvalue weighted by molar-refractivity contribution is 0.0678. The largest absolute Gasteiger partial charge is 0.393 e. The molecule has 0 radical (unpaired) electrons. The third-order valence-electron chi connectivity index (χ3n) is 4.77. The zero-order valence-corrected chi connectivity index (χ0v) is 10.5. The Morgan fingerprint density at radius 2 is 2.35 bits per heavy atom. The Morgan fingerprint density at radius 3 is 2.94 bits per heavy atom. The molecule has 1 aromatic rings. The van der Waals surface area contributed by atoms with E-state index in [-0.39, 0.29) is 6.10 Å². The van der Waals surface area contributed by atoms with Gasteiger partial charge in [0.2, 0.25) is 0 Å². The summed E-state index contributed by atoms with van der Waals surface area (Å²) in [5, 5.41) is 14.5. The first-order valence-corrected chi connectivity index (χ1v) is 6.88. The highest BCUT2D eigenvalue weighted by atomic mass is 16.3. The van der Waals surface area contributed by atoms with Gasteiger partial charge < -0.3 is 5.11 Å². The molecule has 2 aliphatic carbocycles. The predicted octanol–water partition coefficient (Wildman–Crippen LogP) is 2.15. The van der Waals surface area contributed by atoms with Crippen LogP contribution in [0.5, 0.6) is 0 Å². The zero-order valence-electron chi connectivity index (χ0n) is 10.5. The van der Waals surface area contributed by atoms with Crippen molar-refractivity contribution in [1.82, 2.24) is 9.78 Å². The lowest BCUT2D eigenvalue weighted by Gasteiger charge is -2.26. The second-order valence-electron chi connectivity index (χ2n) is 5.97. The van der Waals surface area contributed by atoms with Crippen molar-refractivity contribution in [3.8, 4) is 0 Å². The summed E-state index contributed by atoms with van der Waals surface area (Å²) >= 11 is 0. The van der Waals surface area contributed by atoms with Crippen molar-refractivity contribution in [3.63, 3.8) is 0 Å². The van der Waals surface area contributed by atoms with Crippen LogP contribution in [0.4, 0.5) is 0 Å². The van der Waals surface area contributed by atoms with Gasteiger partial charge in [-0.1, -0.05) is 6.42 Å². The normalized spacial score (nSPS) is 33.2. The summed E-state index contributed by atoms with van der Waals surface area (Å²) in [6.07, 6.45) is 11.2. The number of aryl methyl sites for hydroxylation is 2. The maximum Gasteiger partial charge on any atom is 0.0574 e. The van der Waals surface area contributed by atoms with E-state index in [1.807, 2.05) is 24.1 Å². The number of aliphatic hydroxyl groups is 1. The van der Waals surface area contributed by atoms with Crippen molar-refractivity contribution in [1.29, 1.82) is 0 Å². The first-order valence-electron chi connectivity index (χ1n) is 6.88. The van der Waals surface area contributed by atoms with Gasteiger partial charge in [0.1, 0.15) is 0 Å². The Hall–Kier alpha value is -0.830. The third kappa shape index (κ3) is 2.25. The molecule has 0 aromatic carbocycles. The molecule has 4 unspecified atom stereocenters. The quantitative estimate of drug-likeness (QED) is 0.867. The smallest absolute Gasteiger partial charge is 0.0574 e. The average molecular weight is 234 g/mol. The SMILES string of the molecule is Cn1cc(CCC(O)C2CC3CCC2C3)cn1. The molecule has 4 atom stereocenters. The molecule has 1 aromatic heterocycles. The minimum Gasteiger partial charge on any atom is -0.393 e. The van der Waals surface area contributed by atoms with Gasteiger partial charge in [-0.3, -0.25) is 4.68 Å². The van der Waals surface area contributed by atoms with Crippen LogP contribution >= 0.6 is 0 Å². The predicted molar refractivity (Wildman–Crippen MR) is 66.5 cm³/mol. The summed E-state index contributed by atoms with van der Waals surface area (Å²) in [6, 6.07) is 0. The first-order chi connectivity index (χ1) is 8.22. The molecule has 0 aliphatic heterocycles. The number of hydrogen-bond acceptors (Lipinski definition) is 2. The van der Waals surface area contributed by atoms with Crippen molar-refractivity contribution in [3.05, 3.63) is 18.0 Å². The number of rotatable bonds is 4. The number of aliphatic hydroxyl groups excluding tert-OH is 1. The number of fused-ring (bicyclic) bond motifs is 2. The van der Waals surface area contributed by atoms with E-state index in [1.54, 1.807) is 0 Å². The van der Waals surface area contributed by atoms with Crippen LogP contribution in [0.15, 0.2) is 12.4 Å². The molecule has 0 amide bonds. The zero-order chi connectivity index (χ0) is 11.8. The highest BCUT2D eigenvalue weighted by Gasteiger charge is 2.42. The third-order valence-corrected chi connectivity index (χ3v) is 4.77. The van der Waals surface area contributed by atoms with E-state index >= 15 is 0 Å². The van der Waals surface area contributed by atoms with Crippen LogP contribution in [0, 0.1) is 17.8 Å². The standard InChI is InChI=1S/C14H22N2O/c1-16-9-11(8-15-16)3-5-14(17)13-7-10-2-4-12(13)6-10/h8-10,12-14,17H,2-7H2,1H3. The van der Waals surface area contributed by atoms with E-state index in [4.69, 9.17) is 0 Å².